The van der Waals surface area contributed by atoms with E-state index in [1.807, 2.05) is 0 Å². The molecule has 14 heteroatoms. The fourth-order valence-electron chi connectivity index (χ4n) is 2.86. The van der Waals surface area contributed by atoms with E-state index in [1.54, 1.807) is 0 Å². The average Bonchev–Trinajstić information content (AvgIpc) is 3.11. The maximum atomic E-state index is 13.4. The van der Waals surface area contributed by atoms with Crippen molar-refractivity contribution in [2.45, 2.75) is 25.1 Å². The second kappa shape index (κ2) is 7.84. The molecule has 0 radical (unpaired) electrons. The van der Waals surface area contributed by atoms with E-state index in [1.165, 1.54) is 4.31 Å². The number of sulfonamides is 1. The summed E-state index contributed by atoms with van der Waals surface area (Å²) in [5.41, 5.74) is 3.49. The summed E-state index contributed by atoms with van der Waals surface area (Å²) in [7, 11) is -3.29. The van der Waals surface area contributed by atoms with E-state index in [0.29, 0.717) is 43.7 Å². The van der Waals surface area contributed by atoms with E-state index in [9.17, 15) is 26.4 Å². The zero-order chi connectivity index (χ0) is 21.4. The molecule has 1 aliphatic heterocycles. The number of hydrogen-bond donors (Lipinski definition) is 2. The normalized spacial score (nSPS) is 16.7. The number of alkyl halides is 3. The third-order valence-electron chi connectivity index (χ3n) is 4.35. The minimum absolute atomic E-state index is 0.0279. The van der Waals surface area contributed by atoms with Gasteiger partial charge in [-0.25, -0.2) is 22.7 Å². The molecule has 158 valence electrons. The van der Waals surface area contributed by atoms with Crippen LogP contribution in [0.25, 0.3) is 10.6 Å². The summed E-state index contributed by atoms with van der Waals surface area (Å²) in [6.45, 7) is 0.585. The van der Waals surface area contributed by atoms with Gasteiger partial charge in [-0.15, -0.1) is 0 Å². The Labute approximate surface area is 168 Å². The monoisotopic (exact) mass is 450 g/mol. The second-order valence-corrected chi connectivity index (χ2v) is 9.26. The summed E-state index contributed by atoms with van der Waals surface area (Å²) < 4.78 is 68.4. The van der Waals surface area contributed by atoms with Crippen LogP contribution in [0.15, 0.2) is 12.3 Å². The number of nitrogens with one attached hydrogen (secondary N) is 1. The highest BCUT2D eigenvalue weighted by Gasteiger charge is 2.36. The molecular weight excluding hydrogens is 433 g/mol. The van der Waals surface area contributed by atoms with Crippen molar-refractivity contribution in [1.82, 2.24) is 18.6 Å². The number of anilines is 1. The molecule has 2 aromatic rings. The molecule has 0 aliphatic carbocycles. The lowest BCUT2D eigenvalue weighted by molar-refractivity contribution is -0.137. The molecule has 1 saturated heterocycles. The van der Waals surface area contributed by atoms with Gasteiger partial charge in [0.05, 0.1) is 16.8 Å². The van der Waals surface area contributed by atoms with Crippen LogP contribution in [0.5, 0.6) is 0 Å². The summed E-state index contributed by atoms with van der Waals surface area (Å²) in [4.78, 5) is 19.0. The Kier molecular flexibility index (Phi) is 5.78. The number of rotatable bonds is 5. The first-order valence-electron chi connectivity index (χ1n) is 8.38. The minimum atomic E-state index is -4.70. The molecular formula is C15H17F3N6O3S2. The lowest BCUT2D eigenvalue weighted by atomic mass is 10.1. The molecule has 0 atom stereocenters. The Morgan fingerprint density at radius 3 is 2.52 bits per heavy atom. The molecule has 1 fully saturated rings. The van der Waals surface area contributed by atoms with Crippen LogP contribution < -0.4 is 11.1 Å². The highest BCUT2D eigenvalue weighted by Crippen LogP contribution is 2.37. The van der Waals surface area contributed by atoms with Gasteiger partial charge < -0.3 is 11.1 Å². The van der Waals surface area contributed by atoms with Gasteiger partial charge in [0, 0.05) is 25.3 Å². The minimum Gasteiger partial charge on any atom is -0.364 e. The van der Waals surface area contributed by atoms with Crippen molar-refractivity contribution in [2.24, 2.45) is 5.73 Å². The Morgan fingerprint density at radius 2 is 2.00 bits per heavy atom. The standard InChI is InChI=1S/C15H17F3N6O3S2/c1-29(26,27)24-4-2-8(3-5-24)21-14-20-7-9(15(16,17)18)12(22-14)11-6-10(13(19)25)23-28-11/h6-8H,2-5H2,1H3,(H2,19,25)(H,20,21,22). The maximum Gasteiger partial charge on any atom is 0.420 e. The number of nitrogens with zero attached hydrogens (tertiary/aromatic N) is 4. The van der Waals surface area contributed by atoms with Gasteiger partial charge in [0.15, 0.2) is 0 Å². The molecule has 3 rings (SSSR count). The Morgan fingerprint density at radius 1 is 1.34 bits per heavy atom. The summed E-state index contributed by atoms with van der Waals surface area (Å²) in [5.74, 6) is -0.883. The van der Waals surface area contributed by atoms with Crippen molar-refractivity contribution in [1.29, 1.82) is 0 Å². The van der Waals surface area contributed by atoms with Crippen LogP contribution in [0.2, 0.25) is 0 Å². The van der Waals surface area contributed by atoms with E-state index < -0.39 is 33.4 Å². The van der Waals surface area contributed by atoms with Gasteiger partial charge in [-0.1, -0.05) is 0 Å². The molecule has 0 aromatic carbocycles. The number of hydrogen-bond acceptors (Lipinski definition) is 8. The maximum absolute atomic E-state index is 13.4. The van der Waals surface area contributed by atoms with Crippen LogP contribution in [0.3, 0.4) is 0 Å². The lowest BCUT2D eigenvalue weighted by Crippen LogP contribution is -2.42. The highest BCUT2D eigenvalue weighted by atomic mass is 32.2. The highest BCUT2D eigenvalue weighted by molar-refractivity contribution is 7.88. The van der Waals surface area contributed by atoms with Gasteiger partial charge >= 0.3 is 6.18 Å². The molecule has 0 saturated carbocycles. The van der Waals surface area contributed by atoms with Crippen LogP contribution in [-0.4, -0.2) is 58.4 Å². The van der Waals surface area contributed by atoms with Gasteiger partial charge in [-0.3, -0.25) is 4.79 Å². The smallest absolute Gasteiger partial charge is 0.364 e. The third-order valence-corrected chi connectivity index (χ3v) is 6.45. The van der Waals surface area contributed by atoms with Gasteiger partial charge in [0.2, 0.25) is 16.0 Å². The first kappa shape index (κ1) is 21.4. The van der Waals surface area contributed by atoms with Crippen LogP contribution in [0.4, 0.5) is 19.1 Å². The predicted molar refractivity (Wildman–Crippen MR) is 99.7 cm³/mol. The molecule has 0 spiro atoms. The van der Waals surface area contributed by atoms with E-state index in [-0.39, 0.29) is 22.6 Å². The van der Waals surface area contributed by atoms with Crippen LogP contribution in [0.1, 0.15) is 28.9 Å². The van der Waals surface area contributed by atoms with Crippen LogP contribution in [0, 0.1) is 0 Å². The molecule has 0 bridgehead atoms. The number of halogens is 3. The van der Waals surface area contributed by atoms with Crippen LogP contribution in [-0.2, 0) is 16.2 Å². The van der Waals surface area contributed by atoms with E-state index in [2.05, 4.69) is 19.7 Å². The summed E-state index contributed by atoms with van der Waals surface area (Å²) in [6, 6.07) is 0.957. The summed E-state index contributed by atoms with van der Waals surface area (Å²) >= 11 is 0.677. The van der Waals surface area contributed by atoms with Crippen molar-refractivity contribution >= 4 is 33.4 Å². The molecule has 2 aromatic heterocycles. The molecule has 0 unspecified atom stereocenters. The molecule has 3 heterocycles. The molecule has 3 N–H and O–H groups in total. The first-order chi connectivity index (χ1) is 13.4. The quantitative estimate of drug-likeness (QED) is 0.707. The largest absolute Gasteiger partial charge is 0.420 e. The number of primary amides is 1. The summed E-state index contributed by atoms with van der Waals surface area (Å²) in [5, 5.41) is 2.95. The Balaban J connectivity index is 1.85. The van der Waals surface area contributed by atoms with Gasteiger partial charge in [0.25, 0.3) is 5.91 Å². The zero-order valence-electron chi connectivity index (χ0n) is 15.1. The van der Waals surface area contributed by atoms with Gasteiger partial charge in [-0.05, 0) is 30.4 Å². The van der Waals surface area contributed by atoms with Crippen molar-refractivity contribution in [3.8, 4) is 10.6 Å². The fourth-order valence-corrected chi connectivity index (χ4v) is 4.48. The number of carbonyl (C=O) groups is 1. The topological polar surface area (TPSA) is 131 Å². The van der Waals surface area contributed by atoms with Crippen molar-refractivity contribution in [2.75, 3.05) is 24.7 Å². The van der Waals surface area contributed by atoms with Crippen LogP contribution >= 0.6 is 11.5 Å². The second-order valence-electron chi connectivity index (χ2n) is 6.47. The number of carbonyl (C=O) groups excluding carboxylic acids is 1. The molecule has 9 nitrogen and oxygen atoms in total. The van der Waals surface area contributed by atoms with Crippen molar-refractivity contribution in [3.63, 3.8) is 0 Å². The molecule has 29 heavy (non-hydrogen) atoms. The van der Waals surface area contributed by atoms with Crippen molar-refractivity contribution in [3.05, 3.63) is 23.5 Å². The van der Waals surface area contributed by atoms with Crippen molar-refractivity contribution < 1.29 is 26.4 Å². The van der Waals surface area contributed by atoms with E-state index in [4.69, 9.17) is 5.73 Å². The number of piperidine rings is 1. The van der Waals surface area contributed by atoms with E-state index in [0.717, 1.165) is 12.3 Å². The molecule has 1 aliphatic rings. The Bertz CT molecular complexity index is 1020. The number of amides is 1. The lowest BCUT2D eigenvalue weighted by Gasteiger charge is -2.30. The zero-order valence-corrected chi connectivity index (χ0v) is 16.7. The number of aromatic nitrogens is 3. The van der Waals surface area contributed by atoms with E-state index >= 15 is 0 Å². The predicted octanol–water partition coefficient (Wildman–Crippen LogP) is 1.55. The SMILES string of the molecule is CS(=O)(=O)N1CCC(Nc2ncc(C(F)(F)F)c(-c3cc(C(N)=O)ns3)n2)CC1. The fraction of sp³-hybridized carbons (Fsp3) is 0.467. The number of nitrogens with two attached hydrogens (primary N) is 1. The third kappa shape index (κ3) is 5.00. The Hall–Kier alpha value is -2.32. The van der Waals surface area contributed by atoms with Gasteiger partial charge in [0.1, 0.15) is 11.3 Å². The average molecular weight is 450 g/mol. The molecule has 1 amide bonds. The van der Waals surface area contributed by atoms with Gasteiger partial charge in [-0.2, -0.15) is 17.5 Å². The first-order valence-corrected chi connectivity index (χ1v) is 11.0. The summed E-state index contributed by atoms with van der Waals surface area (Å²) in [6.07, 6.45) is -1.99.